The largest absolute Gasteiger partial charge is 0.384 e. The van der Waals surface area contributed by atoms with Gasteiger partial charge in [-0.15, -0.1) is 0 Å². The molecular weight excluding hydrogens is 276 g/mol. The van der Waals surface area contributed by atoms with E-state index in [0.717, 1.165) is 11.3 Å². The van der Waals surface area contributed by atoms with Crippen molar-refractivity contribution >= 4 is 11.5 Å². The molecule has 0 bridgehead atoms. The van der Waals surface area contributed by atoms with Crippen LogP contribution in [0.25, 0.3) is 16.9 Å². The van der Waals surface area contributed by atoms with Crippen molar-refractivity contribution in [3.05, 3.63) is 48.4 Å². The number of hydrogen-bond acceptors (Lipinski definition) is 4. The van der Waals surface area contributed by atoms with Crippen molar-refractivity contribution in [2.24, 2.45) is 0 Å². The minimum Gasteiger partial charge on any atom is -0.384 e. The molecule has 0 saturated carbocycles. The summed E-state index contributed by atoms with van der Waals surface area (Å²) in [6.07, 6.45) is 5.48. The number of anilines is 1. The molecule has 3 aromatic rings. The standard InChI is InChI=1S/C17H20N4O/c1-17(2,11-22-3)13-6-4-12(5-7-13)14-10-21-9-8-19-15(18)16(21)20-14/h4-10H,11H2,1-3H3,(H2,18,19). The van der Waals surface area contributed by atoms with Gasteiger partial charge in [0.2, 0.25) is 0 Å². The average Bonchev–Trinajstić information content (AvgIpc) is 2.93. The number of nitrogens with zero attached hydrogens (tertiary/aromatic N) is 3. The smallest absolute Gasteiger partial charge is 0.180 e. The molecule has 0 spiro atoms. The van der Waals surface area contributed by atoms with Gasteiger partial charge in [0.1, 0.15) is 0 Å². The van der Waals surface area contributed by atoms with Gasteiger partial charge in [0, 0.05) is 36.7 Å². The van der Waals surface area contributed by atoms with Gasteiger partial charge in [0.15, 0.2) is 11.5 Å². The Morgan fingerprint density at radius 2 is 1.95 bits per heavy atom. The van der Waals surface area contributed by atoms with Crippen LogP contribution < -0.4 is 5.73 Å². The van der Waals surface area contributed by atoms with Gasteiger partial charge < -0.3 is 14.9 Å². The van der Waals surface area contributed by atoms with E-state index in [1.807, 2.05) is 16.8 Å². The Labute approximate surface area is 129 Å². The zero-order valence-electron chi connectivity index (χ0n) is 13.1. The van der Waals surface area contributed by atoms with Gasteiger partial charge in [-0.05, 0) is 5.56 Å². The van der Waals surface area contributed by atoms with Crippen LogP contribution in [0, 0.1) is 0 Å². The van der Waals surface area contributed by atoms with E-state index in [4.69, 9.17) is 10.5 Å². The van der Waals surface area contributed by atoms with Gasteiger partial charge >= 0.3 is 0 Å². The number of hydrogen-bond donors (Lipinski definition) is 1. The number of fused-ring (bicyclic) bond motifs is 1. The summed E-state index contributed by atoms with van der Waals surface area (Å²) in [6.45, 7) is 5.02. The lowest BCUT2D eigenvalue weighted by molar-refractivity contribution is 0.146. The van der Waals surface area contributed by atoms with E-state index >= 15 is 0 Å². The van der Waals surface area contributed by atoms with Crippen molar-refractivity contribution in [3.8, 4) is 11.3 Å². The van der Waals surface area contributed by atoms with E-state index in [0.29, 0.717) is 18.1 Å². The third-order valence-electron chi connectivity index (χ3n) is 3.87. The molecule has 0 fully saturated rings. The van der Waals surface area contributed by atoms with Crippen LogP contribution in [-0.4, -0.2) is 28.1 Å². The number of ether oxygens (including phenoxy) is 1. The fourth-order valence-corrected chi connectivity index (χ4v) is 2.62. The highest BCUT2D eigenvalue weighted by Gasteiger charge is 2.20. The molecule has 0 saturated heterocycles. The Morgan fingerprint density at radius 3 is 2.59 bits per heavy atom. The van der Waals surface area contributed by atoms with Crippen LogP contribution in [0.4, 0.5) is 5.82 Å². The van der Waals surface area contributed by atoms with Gasteiger partial charge in [-0.1, -0.05) is 38.1 Å². The molecule has 5 heteroatoms. The second-order valence-corrected chi connectivity index (χ2v) is 6.06. The number of benzene rings is 1. The first-order valence-electron chi connectivity index (χ1n) is 7.20. The minimum atomic E-state index is -0.0134. The van der Waals surface area contributed by atoms with E-state index in [9.17, 15) is 0 Å². The molecule has 0 aliphatic carbocycles. The summed E-state index contributed by atoms with van der Waals surface area (Å²) in [5, 5.41) is 0. The van der Waals surface area contributed by atoms with Crippen molar-refractivity contribution in [1.82, 2.24) is 14.4 Å². The molecule has 0 atom stereocenters. The molecule has 3 rings (SSSR count). The van der Waals surface area contributed by atoms with Crippen molar-refractivity contribution in [2.75, 3.05) is 19.5 Å². The number of imidazole rings is 1. The van der Waals surface area contributed by atoms with Crippen molar-refractivity contribution in [1.29, 1.82) is 0 Å². The fourth-order valence-electron chi connectivity index (χ4n) is 2.62. The monoisotopic (exact) mass is 296 g/mol. The van der Waals surface area contributed by atoms with Crippen LogP contribution in [0.15, 0.2) is 42.9 Å². The van der Waals surface area contributed by atoms with Crippen molar-refractivity contribution < 1.29 is 4.74 Å². The molecule has 0 aliphatic heterocycles. The quantitative estimate of drug-likeness (QED) is 0.804. The van der Waals surface area contributed by atoms with Crippen LogP contribution in [0.1, 0.15) is 19.4 Å². The average molecular weight is 296 g/mol. The SMILES string of the molecule is COCC(C)(C)c1ccc(-c2cn3ccnc(N)c3n2)cc1. The van der Waals surface area contributed by atoms with Gasteiger partial charge in [-0.3, -0.25) is 0 Å². The normalized spacial score (nSPS) is 12.0. The number of nitrogens with two attached hydrogens (primary N) is 1. The summed E-state index contributed by atoms with van der Waals surface area (Å²) < 4.78 is 7.18. The lowest BCUT2D eigenvalue weighted by Crippen LogP contribution is -2.23. The zero-order valence-corrected chi connectivity index (χ0v) is 13.1. The molecule has 22 heavy (non-hydrogen) atoms. The molecule has 2 N–H and O–H groups in total. The minimum absolute atomic E-state index is 0.0134. The molecule has 2 heterocycles. The molecule has 5 nitrogen and oxygen atoms in total. The first-order chi connectivity index (χ1) is 10.5. The molecule has 0 unspecified atom stereocenters. The zero-order chi connectivity index (χ0) is 15.7. The van der Waals surface area contributed by atoms with Gasteiger partial charge in [0.25, 0.3) is 0 Å². The van der Waals surface area contributed by atoms with Gasteiger partial charge in [-0.2, -0.15) is 0 Å². The summed E-state index contributed by atoms with van der Waals surface area (Å²) in [4.78, 5) is 8.62. The maximum atomic E-state index is 5.85. The van der Waals surface area contributed by atoms with Crippen LogP contribution in [0.3, 0.4) is 0 Å². The predicted molar refractivity (Wildman–Crippen MR) is 87.7 cm³/mol. The van der Waals surface area contributed by atoms with Crippen molar-refractivity contribution in [2.45, 2.75) is 19.3 Å². The summed E-state index contributed by atoms with van der Waals surface area (Å²) >= 11 is 0. The summed E-state index contributed by atoms with van der Waals surface area (Å²) in [6, 6.07) is 8.41. The Morgan fingerprint density at radius 1 is 1.23 bits per heavy atom. The van der Waals surface area contributed by atoms with Crippen LogP contribution in [-0.2, 0) is 10.2 Å². The molecule has 0 amide bonds. The topological polar surface area (TPSA) is 65.4 Å². The summed E-state index contributed by atoms with van der Waals surface area (Å²) in [7, 11) is 1.73. The second-order valence-electron chi connectivity index (χ2n) is 6.06. The Bertz CT molecular complexity index is 790. The summed E-state index contributed by atoms with van der Waals surface area (Å²) in [5.74, 6) is 0.437. The third-order valence-corrected chi connectivity index (χ3v) is 3.87. The highest BCUT2D eigenvalue weighted by Crippen LogP contribution is 2.27. The first-order valence-corrected chi connectivity index (χ1v) is 7.20. The maximum Gasteiger partial charge on any atom is 0.180 e. The lowest BCUT2D eigenvalue weighted by Gasteiger charge is -2.24. The Hall–Kier alpha value is -2.40. The number of aromatic nitrogens is 3. The van der Waals surface area contributed by atoms with Gasteiger partial charge in [-0.25, -0.2) is 9.97 Å². The highest BCUT2D eigenvalue weighted by molar-refractivity contribution is 5.68. The van der Waals surface area contributed by atoms with Crippen LogP contribution in [0.2, 0.25) is 0 Å². The van der Waals surface area contributed by atoms with Gasteiger partial charge in [0.05, 0.1) is 12.3 Å². The predicted octanol–water partition coefficient (Wildman–Crippen LogP) is 2.90. The van der Waals surface area contributed by atoms with Crippen LogP contribution in [0.5, 0.6) is 0 Å². The molecule has 114 valence electrons. The molecular formula is C17H20N4O. The number of rotatable bonds is 4. The fraction of sp³-hybridized carbons (Fsp3) is 0.294. The third kappa shape index (κ3) is 2.55. The maximum absolute atomic E-state index is 5.85. The molecule has 0 radical (unpaired) electrons. The first kappa shape index (κ1) is 14.5. The summed E-state index contributed by atoms with van der Waals surface area (Å²) in [5.41, 5.74) is 9.70. The molecule has 1 aromatic carbocycles. The van der Waals surface area contributed by atoms with E-state index in [2.05, 4.69) is 48.1 Å². The second kappa shape index (κ2) is 5.42. The van der Waals surface area contributed by atoms with E-state index in [1.54, 1.807) is 13.3 Å². The highest BCUT2D eigenvalue weighted by atomic mass is 16.5. The Balaban J connectivity index is 1.96. The molecule has 2 aromatic heterocycles. The van der Waals surface area contributed by atoms with Crippen LogP contribution >= 0.6 is 0 Å². The van der Waals surface area contributed by atoms with E-state index < -0.39 is 0 Å². The Kier molecular flexibility index (Phi) is 3.58. The van der Waals surface area contributed by atoms with E-state index in [1.165, 1.54) is 5.56 Å². The molecule has 0 aliphatic rings. The number of methoxy groups -OCH3 is 1. The lowest BCUT2D eigenvalue weighted by atomic mass is 9.85. The number of nitrogen functional groups attached to an aromatic ring is 1. The van der Waals surface area contributed by atoms with E-state index in [-0.39, 0.29) is 5.41 Å². The van der Waals surface area contributed by atoms with Crippen molar-refractivity contribution in [3.63, 3.8) is 0 Å².